The van der Waals surface area contributed by atoms with Crippen molar-refractivity contribution in [3.63, 3.8) is 0 Å². The molecule has 1 fully saturated rings. The maximum Gasteiger partial charge on any atom is 0.231 e. The quantitative estimate of drug-likeness (QED) is 0.772. The third-order valence-electron chi connectivity index (χ3n) is 3.40. The molecule has 0 aromatic heterocycles. The summed E-state index contributed by atoms with van der Waals surface area (Å²) >= 11 is 0. The molecule has 2 N–H and O–H groups in total. The molecule has 4 heteroatoms. The minimum absolute atomic E-state index is 0.228. The smallest absolute Gasteiger partial charge is 0.231 e. The molecule has 2 aliphatic heterocycles. The molecule has 1 aromatic rings. The third kappa shape index (κ3) is 1.54. The molecule has 2 aliphatic rings. The van der Waals surface area contributed by atoms with Gasteiger partial charge in [-0.15, -0.1) is 0 Å². The second-order valence-electron chi connectivity index (χ2n) is 4.32. The largest absolute Gasteiger partial charge is 0.454 e. The Morgan fingerprint density at radius 3 is 3.00 bits per heavy atom. The maximum atomic E-state index is 9.30. The molecule has 0 radical (unpaired) electrons. The molecule has 86 valence electrons. The van der Waals surface area contributed by atoms with Gasteiger partial charge in [-0.2, -0.15) is 0 Å². The number of aliphatic hydroxyl groups is 1. The Labute approximate surface area is 94.2 Å². The molecule has 2 heterocycles. The van der Waals surface area contributed by atoms with Crippen LogP contribution in [-0.2, 0) is 0 Å². The maximum absolute atomic E-state index is 9.30. The fourth-order valence-corrected chi connectivity index (χ4v) is 2.46. The lowest BCUT2D eigenvalue weighted by Gasteiger charge is -2.16. The first-order chi connectivity index (χ1) is 7.88. The van der Waals surface area contributed by atoms with Gasteiger partial charge in [-0.25, -0.2) is 0 Å². The minimum Gasteiger partial charge on any atom is -0.454 e. The van der Waals surface area contributed by atoms with Crippen LogP contribution in [0.1, 0.15) is 11.5 Å². The lowest BCUT2D eigenvalue weighted by Crippen LogP contribution is -2.14. The molecule has 2 atom stereocenters. The zero-order chi connectivity index (χ0) is 11.0. The monoisotopic (exact) mass is 221 g/mol. The zero-order valence-corrected chi connectivity index (χ0v) is 8.98. The van der Waals surface area contributed by atoms with Crippen LogP contribution in [0.15, 0.2) is 18.2 Å². The van der Waals surface area contributed by atoms with E-state index >= 15 is 0 Å². The molecule has 3 rings (SSSR count). The van der Waals surface area contributed by atoms with Gasteiger partial charge in [0.1, 0.15) is 0 Å². The molecule has 16 heavy (non-hydrogen) atoms. The molecule has 0 aliphatic carbocycles. The summed E-state index contributed by atoms with van der Waals surface area (Å²) in [6.07, 6.45) is 0. The number of hydrogen-bond acceptors (Lipinski definition) is 4. The van der Waals surface area contributed by atoms with E-state index < -0.39 is 0 Å². The summed E-state index contributed by atoms with van der Waals surface area (Å²) in [4.78, 5) is 0. The third-order valence-corrected chi connectivity index (χ3v) is 3.40. The van der Waals surface area contributed by atoms with E-state index in [9.17, 15) is 5.11 Å². The summed E-state index contributed by atoms with van der Waals surface area (Å²) in [6.45, 7) is 2.34. The highest BCUT2D eigenvalue weighted by Crippen LogP contribution is 2.37. The number of rotatable bonds is 2. The van der Waals surface area contributed by atoms with Gasteiger partial charge in [0.25, 0.3) is 0 Å². The summed E-state index contributed by atoms with van der Waals surface area (Å²) in [5.74, 6) is 2.32. The van der Waals surface area contributed by atoms with Crippen molar-refractivity contribution >= 4 is 0 Å². The van der Waals surface area contributed by atoms with Crippen LogP contribution >= 0.6 is 0 Å². The van der Waals surface area contributed by atoms with Crippen LogP contribution in [0.4, 0.5) is 0 Å². The normalized spacial score (nSPS) is 27.3. The fourth-order valence-electron chi connectivity index (χ4n) is 2.46. The van der Waals surface area contributed by atoms with E-state index in [1.165, 1.54) is 5.56 Å². The first-order valence-corrected chi connectivity index (χ1v) is 5.59. The average molecular weight is 221 g/mol. The first kappa shape index (κ1) is 9.93. The molecule has 0 amide bonds. The van der Waals surface area contributed by atoms with Gasteiger partial charge in [0.2, 0.25) is 6.79 Å². The van der Waals surface area contributed by atoms with Crippen molar-refractivity contribution in [2.24, 2.45) is 5.92 Å². The van der Waals surface area contributed by atoms with Crippen LogP contribution in [0.2, 0.25) is 0 Å². The Morgan fingerprint density at radius 2 is 2.12 bits per heavy atom. The Balaban J connectivity index is 1.89. The highest BCUT2D eigenvalue weighted by molar-refractivity contribution is 5.45. The second-order valence-corrected chi connectivity index (χ2v) is 4.32. The van der Waals surface area contributed by atoms with E-state index in [4.69, 9.17) is 9.47 Å². The summed E-state index contributed by atoms with van der Waals surface area (Å²) in [7, 11) is 0. The number of aliphatic hydroxyl groups excluding tert-OH is 1. The zero-order valence-electron chi connectivity index (χ0n) is 8.98. The van der Waals surface area contributed by atoms with Crippen molar-refractivity contribution in [3.05, 3.63) is 23.8 Å². The van der Waals surface area contributed by atoms with Gasteiger partial charge in [0, 0.05) is 31.5 Å². The van der Waals surface area contributed by atoms with Gasteiger partial charge < -0.3 is 19.9 Å². The van der Waals surface area contributed by atoms with Crippen molar-refractivity contribution in [2.75, 3.05) is 26.5 Å². The molecule has 0 spiro atoms. The van der Waals surface area contributed by atoms with E-state index in [1.807, 2.05) is 12.1 Å². The van der Waals surface area contributed by atoms with Crippen LogP contribution in [0, 0.1) is 5.92 Å². The lowest BCUT2D eigenvalue weighted by atomic mass is 9.89. The van der Waals surface area contributed by atoms with Crippen molar-refractivity contribution in [2.45, 2.75) is 5.92 Å². The van der Waals surface area contributed by atoms with E-state index in [2.05, 4.69) is 11.4 Å². The predicted octanol–water partition coefficient (Wildman–Crippen LogP) is 0.711. The fraction of sp³-hybridized carbons (Fsp3) is 0.500. The van der Waals surface area contributed by atoms with E-state index in [0.29, 0.717) is 18.6 Å². The van der Waals surface area contributed by atoms with Gasteiger partial charge in [-0.3, -0.25) is 0 Å². The van der Waals surface area contributed by atoms with Crippen LogP contribution in [0.5, 0.6) is 11.5 Å². The predicted molar refractivity (Wildman–Crippen MR) is 58.8 cm³/mol. The number of hydrogen-bond donors (Lipinski definition) is 2. The highest BCUT2D eigenvalue weighted by atomic mass is 16.7. The van der Waals surface area contributed by atoms with Gasteiger partial charge in [-0.05, 0) is 17.7 Å². The Kier molecular flexibility index (Phi) is 2.46. The number of fused-ring (bicyclic) bond motifs is 1. The van der Waals surface area contributed by atoms with Crippen LogP contribution in [0.3, 0.4) is 0 Å². The SMILES string of the molecule is OC[C@@H]1CNC[C@H]1c1ccc2c(c1)OCO2. The van der Waals surface area contributed by atoms with Crippen molar-refractivity contribution < 1.29 is 14.6 Å². The minimum atomic E-state index is 0.228. The van der Waals surface area contributed by atoms with E-state index in [0.717, 1.165) is 24.6 Å². The number of nitrogens with one attached hydrogen (secondary N) is 1. The second kappa shape index (κ2) is 3.96. The van der Waals surface area contributed by atoms with Crippen LogP contribution in [0.25, 0.3) is 0 Å². The van der Waals surface area contributed by atoms with Crippen LogP contribution < -0.4 is 14.8 Å². The summed E-state index contributed by atoms with van der Waals surface area (Å²) in [6, 6.07) is 6.04. The van der Waals surface area contributed by atoms with Gasteiger partial charge in [0.05, 0.1) is 0 Å². The van der Waals surface area contributed by atoms with Crippen molar-refractivity contribution in [1.29, 1.82) is 0 Å². The van der Waals surface area contributed by atoms with Gasteiger partial charge in [-0.1, -0.05) is 6.07 Å². The standard InChI is InChI=1S/C12H15NO3/c14-6-9-4-13-5-10(9)8-1-2-11-12(3-8)16-7-15-11/h1-3,9-10,13-14H,4-7H2/t9-,10-/m0/s1. The first-order valence-electron chi connectivity index (χ1n) is 5.59. The van der Waals surface area contributed by atoms with E-state index in [-0.39, 0.29) is 6.61 Å². The van der Waals surface area contributed by atoms with Crippen molar-refractivity contribution in [1.82, 2.24) is 5.32 Å². The number of benzene rings is 1. The Bertz CT molecular complexity index is 394. The van der Waals surface area contributed by atoms with Gasteiger partial charge in [0.15, 0.2) is 11.5 Å². The summed E-state index contributed by atoms with van der Waals surface area (Å²) < 4.78 is 10.6. The average Bonchev–Trinajstić information content (AvgIpc) is 2.96. The molecule has 0 unspecified atom stereocenters. The molecule has 1 aromatic carbocycles. The highest BCUT2D eigenvalue weighted by Gasteiger charge is 2.28. The van der Waals surface area contributed by atoms with Gasteiger partial charge >= 0.3 is 0 Å². The number of ether oxygens (including phenoxy) is 2. The van der Waals surface area contributed by atoms with Crippen molar-refractivity contribution in [3.8, 4) is 11.5 Å². The summed E-state index contributed by atoms with van der Waals surface area (Å²) in [5, 5.41) is 12.6. The molecular weight excluding hydrogens is 206 g/mol. The Hall–Kier alpha value is -1.26. The molecular formula is C12H15NO3. The Morgan fingerprint density at radius 1 is 1.25 bits per heavy atom. The van der Waals surface area contributed by atoms with Crippen LogP contribution in [-0.4, -0.2) is 31.6 Å². The molecule has 0 saturated carbocycles. The lowest BCUT2D eigenvalue weighted by molar-refractivity contribution is 0.174. The molecule has 0 bridgehead atoms. The van der Waals surface area contributed by atoms with E-state index in [1.54, 1.807) is 0 Å². The topological polar surface area (TPSA) is 50.7 Å². The summed E-state index contributed by atoms with van der Waals surface area (Å²) in [5.41, 5.74) is 1.22. The molecule has 1 saturated heterocycles. The molecule has 4 nitrogen and oxygen atoms in total.